The van der Waals surface area contributed by atoms with E-state index in [-0.39, 0.29) is 61.7 Å². The maximum Gasteiger partial charge on any atom is 0.412 e. The van der Waals surface area contributed by atoms with E-state index in [4.69, 9.17) is 31.0 Å². The zero-order valence-corrected chi connectivity index (χ0v) is 27.4. The Hall–Kier alpha value is -3.83. The average molecular weight is 663 g/mol. The third kappa shape index (κ3) is 7.20. The summed E-state index contributed by atoms with van der Waals surface area (Å²) >= 11 is 7.73. The number of benzene rings is 1. The van der Waals surface area contributed by atoms with Crippen LogP contribution in [-0.2, 0) is 32.5 Å². The SMILES string of the molecule is COC(=O)C1(Cc2nc(SC)nc(N3CCN(C(=O)O)C(CC#N)C3)c2NC(=O)OC(C)(C)C)CCCc2c(Cl)ccc(F)c21. The lowest BCUT2D eigenvalue weighted by atomic mass is 9.67. The summed E-state index contributed by atoms with van der Waals surface area (Å²) in [6.45, 7) is 5.48. The molecule has 2 heterocycles. The first-order chi connectivity index (χ1) is 21.2. The number of thioether (sulfide) groups is 1. The zero-order valence-electron chi connectivity index (χ0n) is 25.8. The monoisotopic (exact) mass is 662 g/mol. The molecule has 2 amide bonds. The number of ether oxygens (including phenoxy) is 2. The molecule has 15 heteroatoms. The molecule has 2 unspecified atom stereocenters. The summed E-state index contributed by atoms with van der Waals surface area (Å²) in [7, 11) is 1.23. The summed E-state index contributed by atoms with van der Waals surface area (Å²) < 4.78 is 26.5. The molecule has 1 aromatic carbocycles. The Morgan fingerprint density at radius 2 is 2.02 bits per heavy atom. The van der Waals surface area contributed by atoms with Gasteiger partial charge in [-0.15, -0.1) is 0 Å². The minimum Gasteiger partial charge on any atom is -0.468 e. The van der Waals surface area contributed by atoms with Crippen LogP contribution in [0.1, 0.15) is 56.9 Å². The van der Waals surface area contributed by atoms with E-state index in [9.17, 15) is 24.8 Å². The number of nitrogens with one attached hydrogen (secondary N) is 1. The highest BCUT2D eigenvalue weighted by atomic mass is 35.5. The van der Waals surface area contributed by atoms with Crippen LogP contribution in [0.25, 0.3) is 0 Å². The van der Waals surface area contributed by atoms with E-state index < -0.39 is 41.0 Å². The zero-order chi connectivity index (χ0) is 33.1. The normalized spacial score (nSPS) is 19.7. The van der Waals surface area contributed by atoms with Crippen LogP contribution in [0.4, 0.5) is 25.5 Å². The number of carbonyl (C=O) groups is 3. The Bertz CT molecular complexity index is 1530. The highest BCUT2D eigenvalue weighted by molar-refractivity contribution is 7.98. The molecule has 2 atom stereocenters. The number of nitrogens with zero attached hydrogens (tertiary/aromatic N) is 5. The van der Waals surface area contributed by atoms with Crippen LogP contribution in [0, 0.1) is 17.1 Å². The lowest BCUT2D eigenvalue weighted by molar-refractivity contribution is -0.148. The van der Waals surface area contributed by atoms with Crippen molar-refractivity contribution in [2.75, 3.05) is 43.2 Å². The number of esters is 1. The minimum atomic E-state index is -1.53. The van der Waals surface area contributed by atoms with Gasteiger partial charge in [0.1, 0.15) is 22.5 Å². The largest absolute Gasteiger partial charge is 0.468 e. The molecule has 1 aliphatic carbocycles. The van der Waals surface area contributed by atoms with Gasteiger partial charge in [0.25, 0.3) is 0 Å². The van der Waals surface area contributed by atoms with Gasteiger partial charge in [-0.3, -0.25) is 10.1 Å². The third-order valence-electron chi connectivity index (χ3n) is 7.87. The molecule has 2 aromatic rings. The number of hydrogen-bond acceptors (Lipinski definition) is 10. The number of halogens is 2. The first kappa shape index (κ1) is 34.1. The number of nitriles is 1. The quantitative estimate of drug-likeness (QED) is 0.222. The molecule has 4 rings (SSSR count). The van der Waals surface area contributed by atoms with Crippen molar-refractivity contribution < 1.29 is 33.4 Å². The van der Waals surface area contributed by atoms with E-state index >= 15 is 4.39 Å². The van der Waals surface area contributed by atoms with Crippen LogP contribution in [0.2, 0.25) is 5.02 Å². The van der Waals surface area contributed by atoms with E-state index in [1.165, 1.54) is 35.9 Å². The van der Waals surface area contributed by atoms with E-state index in [0.29, 0.717) is 28.6 Å². The number of carboxylic acid groups (broad SMARTS) is 1. The highest BCUT2D eigenvalue weighted by Crippen LogP contribution is 2.46. The van der Waals surface area contributed by atoms with Crippen molar-refractivity contribution in [3.8, 4) is 6.07 Å². The van der Waals surface area contributed by atoms with Gasteiger partial charge >= 0.3 is 18.2 Å². The number of fused-ring (bicyclic) bond motifs is 1. The average Bonchev–Trinajstić information content (AvgIpc) is 2.98. The first-order valence-corrected chi connectivity index (χ1v) is 16.0. The van der Waals surface area contributed by atoms with Crippen molar-refractivity contribution in [2.24, 2.45) is 0 Å². The number of rotatable bonds is 7. The molecule has 0 spiro atoms. The molecule has 1 aliphatic heterocycles. The lowest BCUT2D eigenvalue weighted by Crippen LogP contribution is -2.55. The molecular weight excluding hydrogens is 627 g/mol. The maximum atomic E-state index is 15.7. The van der Waals surface area contributed by atoms with Crippen LogP contribution >= 0.6 is 23.4 Å². The van der Waals surface area contributed by atoms with Crippen LogP contribution in [-0.4, -0.2) is 82.8 Å². The molecule has 45 heavy (non-hydrogen) atoms. The fourth-order valence-electron chi connectivity index (χ4n) is 6.02. The second-order valence-electron chi connectivity index (χ2n) is 11.9. The van der Waals surface area contributed by atoms with Gasteiger partial charge in [-0.1, -0.05) is 23.4 Å². The highest BCUT2D eigenvalue weighted by Gasteiger charge is 2.48. The summed E-state index contributed by atoms with van der Waals surface area (Å²) in [5.74, 6) is -1.03. The number of methoxy groups -OCH3 is 1. The van der Waals surface area contributed by atoms with Crippen LogP contribution in [0.5, 0.6) is 0 Å². The molecule has 2 aliphatic rings. The minimum absolute atomic E-state index is 0.0623. The van der Waals surface area contributed by atoms with Crippen molar-refractivity contribution in [3.05, 3.63) is 39.8 Å². The lowest BCUT2D eigenvalue weighted by Gasteiger charge is -2.41. The molecule has 1 saturated heterocycles. The third-order valence-corrected chi connectivity index (χ3v) is 8.77. The molecule has 0 radical (unpaired) electrons. The van der Waals surface area contributed by atoms with E-state index in [1.807, 2.05) is 6.07 Å². The number of hydrogen-bond donors (Lipinski definition) is 2. The smallest absolute Gasteiger partial charge is 0.412 e. The summed E-state index contributed by atoms with van der Waals surface area (Å²) in [6, 6.07) is 4.05. The Morgan fingerprint density at radius 3 is 2.64 bits per heavy atom. The number of aromatic nitrogens is 2. The van der Waals surface area contributed by atoms with Gasteiger partial charge in [0, 0.05) is 36.6 Å². The van der Waals surface area contributed by atoms with Gasteiger partial charge < -0.3 is 24.4 Å². The van der Waals surface area contributed by atoms with Gasteiger partial charge in [-0.05, 0) is 64.0 Å². The number of carbonyl (C=O) groups excluding carboxylic acids is 2. The fraction of sp³-hybridized carbons (Fsp3) is 0.533. The molecule has 2 N–H and O–H groups in total. The summed E-state index contributed by atoms with van der Waals surface area (Å²) in [4.78, 5) is 51.2. The molecule has 1 aromatic heterocycles. The molecule has 12 nitrogen and oxygen atoms in total. The van der Waals surface area contributed by atoms with Gasteiger partial charge in [-0.2, -0.15) is 5.26 Å². The Morgan fingerprint density at radius 1 is 1.29 bits per heavy atom. The Labute approximate surface area is 270 Å². The van der Waals surface area contributed by atoms with Gasteiger partial charge in [0.05, 0.1) is 31.3 Å². The first-order valence-electron chi connectivity index (χ1n) is 14.4. The second kappa shape index (κ2) is 13.7. The summed E-state index contributed by atoms with van der Waals surface area (Å²) in [5, 5.41) is 22.5. The molecule has 0 saturated carbocycles. The second-order valence-corrected chi connectivity index (χ2v) is 13.1. The van der Waals surface area contributed by atoms with Crippen LogP contribution < -0.4 is 10.2 Å². The van der Waals surface area contributed by atoms with Gasteiger partial charge in [0.15, 0.2) is 11.0 Å². The molecule has 1 fully saturated rings. The molecular formula is C30H36ClFN6O6S. The van der Waals surface area contributed by atoms with E-state index in [0.717, 1.165) is 0 Å². The standard InChI is InChI=1S/C30H36ClFN6O6S/c1-29(2,3)44-27(40)35-23-21(15-30(25(39)43-4)11-6-7-18-19(31)8-9-20(32)22(18)30)34-26(45-5)36-24(23)37-13-14-38(28(41)42)17(16-37)10-12-33/h8-9,17H,6-7,10-11,13-16H2,1-5H3,(H,35,40)(H,41,42). The van der Waals surface area contributed by atoms with Gasteiger partial charge in [-0.25, -0.2) is 23.9 Å². The van der Waals surface area contributed by atoms with Gasteiger partial charge in [0.2, 0.25) is 0 Å². The van der Waals surface area contributed by atoms with Crippen molar-refractivity contribution in [1.82, 2.24) is 14.9 Å². The van der Waals surface area contributed by atoms with E-state index in [1.54, 1.807) is 31.9 Å². The van der Waals surface area contributed by atoms with Crippen LogP contribution in [0.3, 0.4) is 0 Å². The topological polar surface area (TPSA) is 158 Å². The predicted molar refractivity (Wildman–Crippen MR) is 166 cm³/mol. The maximum absolute atomic E-state index is 15.7. The van der Waals surface area contributed by atoms with Crippen molar-refractivity contribution >= 4 is 53.0 Å². The summed E-state index contributed by atoms with van der Waals surface area (Å²) in [5.41, 5.74) is -1.39. The predicted octanol–water partition coefficient (Wildman–Crippen LogP) is 5.41. The summed E-state index contributed by atoms with van der Waals surface area (Å²) in [6.07, 6.45) is 0.775. The van der Waals surface area contributed by atoms with Crippen LogP contribution in [0.15, 0.2) is 17.3 Å². The van der Waals surface area contributed by atoms with E-state index in [2.05, 4.69) is 5.32 Å². The Kier molecular flexibility index (Phi) is 10.3. The van der Waals surface area contributed by atoms with Crippen molar-refractivity contribution in [1.29, 1.82) is 5.26 Å². The van der Waals surface area contributed by atoms with Crippen molar-refractivity contribution in [2.45, 2.75) is 75.1 Å². The number of amides is 2. The number of piperazine rings is 1. The molecule has 0 bridgehead atoms. The van der Waals surface area contributed by atoms with Crippen molar-refractivity contribution in [3.63, 3.8) is 0 Å². The fourth-order valence-corrected chi connectivity index (χ4v) is 6.65. The molecule has 242 valence electrons. The number of anilines is 2. The Balaban J connectivity index is 1.92.